The molecule has 2 N–H and O–H groups in total. The van der Waals surface area contributed by atoms with Crippen molar-refractivity contribution >= 4 is 22.1 Å². The van der Waals surface area contributed by atoms with Crippen molar-refractivity contribution in [2.24, 2.45) is 0 Å². The Hall–Kier alpha value is -3.05. The first kappa shape index (κ1) is 26.6. The van der Waals surface area contributed by atoms with Crippen LogP contribution in [-0.4, -0.2) is 40.0 Å². The summed E-state index contributed by atoms with van der Waals surface area (Å²) in [5, 5.41) is 6.12. The van der Waals surface area contributed by atoms with Gasteiger partial charge in [-0.15, -0.1) is 0 Å². The molecule has 0 fully saturated rings. The molecule has 0 saturated heterocycles. The lowest BCUT2D eigenvalue weighted by Crippen LogP contribution is -2.31. The predicted molar refractivity (Wildman–Crippen MR) is 125 cm³/mol. The fourth-order valence-corrected chi connectivity index (χ4v) is 4.21. The SMILES string of the molecule is COc1cccc(C=CC(=O)NCCCCC2NCCc3ccc(OS(=O)(=O)C(F)(F)F)cc32)c1. The van der Waals surface area contributed by atoms with E-state index in [-0.39, 0.29) is 17.7 Å². The molecule has 1 unspecified atom stereocenters. The van der Waals surface area contributed by atoms with E-state index in [4.69, 9.17) is 4.74 Å². The van der Waals surface area contributed by atoms with Crippen LogP contribution in [0.1, 0.15) is 42.0 Å². The molecule has 1 heterocycles. The molecule has 1 aliphatic heterocycles. The summed E-state index contributed by atoms with van der Waals surface area (Å²) < 4.78 is 70.0. The molecule has 0 saturated carbocycles. The van der Waals surface area contributed by atoms with Gasteiger partial charge in [-0.2, -0.15) is 21.6 Å². The number of carbonyl (C=O) groups is 1. The lowest BCUT2D eigenvalue weighted by atomic mass is 9.91. The minimum Gasteiger partial charge on any atom is -0.497 e. The average Bonchev–Trinajstić information content (AvgIpc) is 2.82. The Bertz CT molecular complexity index is 1170. The molecule has 1 aliphatic rings. The smallest absolute Gasteiger partial charge is 0.497 e. The van der Waals surface area contributed by atoms with Gasteiger partial charge in [0, 0.05) is 18.7 Å². The molecule has 35 heavy (non-hydrogen) atoms. The first-order valence-corrected chi connectivity index (χ1v) is 12.5. The van der Waals surface area contributed by atoms with Crippen molar-refractivity contribution in [1.29, 1.82) is 0 Å². The van der Waals surface area contributed by atoms with Gasteiger partial charge in [0.05, 0.1) is 7.11 Å². The molecular formula is C24H27F3N2O5S. The molecule has 0 radical (unpaired) electrons. The highest BCUT2D eigenvalue weighted by Gasteiger charge is 2.48. The molecule has 0 bridgehead atoms. The number of ether oxygens (including phenoxy) is 1. The number of unbranched alkanes of at least 4 members (excludes halogenated alkanes) is 1. The molecule has 0 spiro atoms. The third-order valence-corrected chi connectivity index (χ3v) is 6.49. The van der Waals surface area contributed by atoms with E-state index in [1.165, 1.54) is 18.2 Å². The highest BCUT2D eigenvalue weighted by Crippen LogP contribution is 2.33. The zero-order valence-corrected chi connectivity index (χ0v) is 19.9. The summed E-state index contributed by atoms with van der Waals surface area (Å²) >= 11 is 0. The standard InChI is InChI=1S/C24H27F3N2O5S/c1-33-19-6-4-5-17(15-19)8-11-23(30)29-13-3-2-7-22-21-16-20(10-9-18(21)12-14-28-22)34-35(31,32)24(25,26)27/h4-6,8-11,15-16,22,28H,2-3,7,12-14H2,1H3,(H,29,30). The normalized spacial score (nSPS) is 16.1. The van der Waals surface area contributed by atoms with Crippen LogP contribution in [0.4, 0.5) is 13.2 Å². The van der Waals surface area contributed by atoms with Crippen molar-refractivity contribution in [2.45, 2.75) is 37.2 Å². The predicted octanol–water partition coefficient (Wildman–Crippen LogP) is 4.11. The van der Waals surface area contributed by atoms with E-state index in [2.05, 4.69) is 14.8 Å². The highest BCUT2D eigenvalue weighted by atomic mass is 32.2. The number of hydrogen-bond acceptors (Lipinski definition) is 6. The average molecular weight is 513 g/mol. The Balaban J connectivity index is 1.49. The summed E-state index contributed by atoms with van der Waals surface area (Å²) in [6.07, 6.45) is 5.92. The Morgan fingerprint density at radius 2 is 1.97 bits per heavy atom. The second kappa shape index (κ2) is 11.6. The van der Waals surface area contributed by atoms with Gasteiger partial charge in [-0.3, -0.25) is 4.79 Å². The quantitative estimate of drug-likeness (QED) is 0.215. The second-order valence-corrected chi connectivity index (χ2v) is 9.54. The Kier molecular flexibility index (Phi) is 8.79. The van der Waals surface area contributed by atoms with E-state index in [0.29, 0.717) is 38.1 Å². The van der Waals surface area contributed by atoms with Crippen molar-refractivity contribution in [2.75, 3.05) is 20.2 Å². The van der Waals surface area contributed by atoms with Crippen LogP contribution in [0.5, 0.6) is 11.5 Å². The lowest BCUT2D eigenvalue weighted by Gasteiger charge is -2.27. The van der Waals surface area contributed by atoms with Gasteiger partial charge < -0.3 is 19.6 Å². The van der Waals surface area contributed by atoms with Gasteiger partial charge in [-0.1, -0.05) is 18.2 Å². The maximum atomic E-state index is 12.6. The number of rotatable bonds is 10. The summed E-state index contributed by atoms with van der Waals surface area (Å²) in [6.45, 7) is 1.17. The van der Waals surface area contributed by atoms with Gasteiger partial charge in [0.2, 0.25) is 5.91 Å². The van der Waals surface area contributed by atoms with E-state index in [1.807, 2.05) is 24.3 Å². The molecule has 11 heteroatoms. The van der Waals surface area contributed by atoms with E-state index in [0.717, 1.165) is 23.1 Å². The molecule has 2 aromatic rings. The van der Waals surface area contributed by atoms with Crippen LogP contribution in [0.3, 0.4) is 0 Å². The summed E-state index contributed by atoms with van der Waals surface area (Å²) in [5.41, 5.74) is -3.00. The summed E-state index contributed by atoms with van der Waals surface area (Å²) in [7, 11) is -4.15. The molecule has 2 aromatic carbocycles. The summed E-state index contributed by atoms with van der Waals surface area (Å²) in [4.78, 5) is 12.0. The fraction of sp³-hybridized carbons (Fsp3) is 0.375. The minimum absolute atomic E-state index is 0.153. The number of carbonyl (C=O) groups excluding carboxylic acids is 1. The minimum atomic E-state index is -5.73. The van der Waals surface area contributed by atoms with Crippen LogP contribution in [0.25, 0.3) is 6.08 Å². The second-order valence-electron chi connectivity index (χ2n) is 8.00. The molecular weight excluding hydrogens is 485 g/mol. The number of hydrogen-bond donors (Lipinski definition) is 2. The highest BCUT2D eigenvalue weighted by molar-refractivity contribution is 7.88. The number of methoxy groups -OCH3 is 1. The van der Waals surface area contributed by atoms with Crippen molar-refractivity contribution in [1.82, 2.24) is 10.6 Å². The third-order valence-electron chi connectivity index (χ3n) is 5.51. The van der Waals surface area contributed by atoms with E-state index in [1.54, 1.807) is 19.3 Å². The Morgan fingerprint density at radius 1 is 1.17 bits per heavy atom. The topological polar surface area (TPSA) is 93.7 Å². The van der Waals surface area contributed by atoms with Gasteiger partial charge in [-0.25, -0.2) is 0 Å². The number of benzene rings is 2. The largest absolute Gasteiger partial charge is 0.534 e. The zero-order valence-electron chi connectivity index (χ0n) is 19.1. The molecule has 0 aromatic heterocycles. The number of fused-ring (bicyclic) bond motifs is 1. The summed E-state index contributed by atoms with van der Waals surface area (Å²) in [5.74, 6) is 0.109. The molecule has 1 atom stereocenters. The monoisotopic (exact) mass is 512 g/mol. The van der Waals surface area contributed by atoms with E-state index >= 15 is 0 Å². The maximum absolute atomic E-state index is 12.6. The first-order valence-electron chi connectivity index (χ1n) is 11.1. The lowest BCUT2D eigenvalue weighted by molar-refractivity contribution is -0.116. The van der Waals surface area contributed by atoms with Gasteiger partial charge in [-0.05, 0) is 79.3 Å². The van der Waals surface area contributed by atoms with Crippen LogP contribution in [0, 0.1) is 0 Å². The van der Waals surface area contributed by atoms with Crippen molar-refractivity contribution in [3.05, 3.63) is 65.2 Å². The van der Waals surface area contributed by atoms with Gasteiger partial charge in [0.1, 0.15) is 11.5 Å². The zero-order chi connectivity index (χ0) is 25.5. The number of alkyl halides is 3. The van der Waals surface area contributed by atoms with E-state index < -0.39 is 15.6 Å². The number of nitrogens with one attached hydrogen (secondary N) is 2. The summed E-state index contributed by atoms with van der Waals surface area (Å²) in [6, 6.07) is 11.3. The third kappa shape index (κ3) is 7.46. The molecule has 3 rings (SSSR count). The Labute approximate surface area is 202 Å². The molecule has 7 nitrogen and oxygen atoms in total. The van der Waals surface area contributed by atoms with Gasteiger partial charge in [0.25, 0.3) is 0 Å². The van der Waals surface area contributed by atoms with Crippen LogP contribution in [0.15, 0.2) is 48.5 Å². The fourth-order valence-electron chi connectivity index (χ4n) is 3.76. The van der Waals surface area contributed by atoms with Crippen molar-refractivity contribution in [3.63, 3.8) is 0 Å². The van der Waals surface area contributed by atoms with Crippen LogP contribution in [0.2, 0.25) is 0 Å². The number of amides is 1. The molecule has 1 amide bonds. The van der Waals surface area contributed by atoms with E-state index in [9.17, 15) is 26.4 Å². The first-order chi connectivity index (χ1) is 16.6. The van der Waals surface area contributed by atoms with Crippen molar-refractivity contribution < 1.29 is 35.3 Å². The van der Waals surface area contributed by atoms with Gasteiger partial charge >= 0.3 is 15.6 Å². The molecule has 190 valence electrons. The molecule has 0 aliphatic carbocycles. The van der Waals surface area contributed by atoms with Crippen LogP contribution < -0.4 is 19.6 Å². The Morgan fingerprint density at radius 3 is 2.71 bits per heavy atom. The van der Waals surface area contributed by atoms with Gasteiger partial charge in [0.15, 0.2) is 0 Å². The van der Waals surface area contributed by atoms with Crippen molar-refractivity contribution in [3.8, 4) is 11.5 Å². The number of halogens is 3. The van der Waals surface area contributed by atoms with Crippen LogP contribution in [-0.2, 0) is 21.3 Å². The maximum Gasteiger partial charge on any atom is 0.534 e. The van der Waals surface area contributed by atoms with Crippen LogP contribution >= 0.6 is 0 Å².